The van der Waals surface area contributed by atoms with E-state index in [2.05, 4.69) is 4.98 Å². The minimum Gasteiger partial charge on any atom is -0.478 e. The van der Waals surface area contributed by atoms with Crippen LogP contribution in [0.25, 0.3) is 0 Å². The maximum absolute atomic E-state index is 10.4. The Kier molecular flexibility index (Phi) is 2.05. The van der Waals surface area contributed by atoms with E-state index in [4.69, 9.17) is 10.2 Å². The topological polar surface area (TPSA) is 88.7 Å². The molecule has 1 heterocycles. The largest absolute Gasteiger partial charge is 0.478 e. The normalized spacial score (nSPS) is 9.33. The average molecular weight is 168 g/mol. The van der Waals surface area contributed by atoms with E-state index in [9.17, 15) is 9.59 Å². The Morgan fingerprint density at radius 1 is 1.17 bits per heavy atom. The molecule has 5 heteroatoms. The quantitative estimate of drug-likeness (QED) is 0.645. The molecule has 0 saturated carbocycles. The van der Waals surface area contributed by atoms with Crippen LogP contribution in [0.1, 0.15) is 20.7 Å². The lowest BCUT2D eigenvalue weighted by Gasteiger charge is -1.94. The molecule has 0 bridgehead atoms. The van der Waals surface area contributed by atoms with Gasteiger partial charge in [-0.25, -0.2) is 14.6 Å². The summed E-state index contributed by atoms with van der Waals surface area (Å²) in [5, 5.41) is 17.1. The van der Waals surface area contributed by atoms with Crippen LogP contribution in [0, 0.1) is 0 Å². The van der Waals surface area contributed by atoms with Crippen molar-refractivity contribution in [1.29, 1.82) is 0 Å². The first kappa shape index (κ1) is 8.19. The number of pyridine rings is 1. The Morgan fingerprint density at radius 2 is 1.75 bits per heavy atom. The van der Waals surface area contributed by atoms with Gasteiger partial charge in [-0.3, -0.25) is 0 Å². The first-order valence-electron chi connectivity index (χ1n) is 3.09. The van der Waals surface area contributed by atoms with Gasteiger partial charge in [0.25, 0.3) is 0 Å². The van der Waals surface area contributed by atoms with Crippen LogP contribution in [-0.2, 0) is 0 Å². The third-order valence-electron chi connectivity index (χ3n) is 1.32. The summed E-state index contributed by atoms with van der Waals surface area (Å²) >= 11 is 0. The third kappa shape index (κ3) is 1.39. The van der Waals surface area contributed by atoms with Gasteiger partial charge in [-0.15, -0.1) is 0 Å². The number of carboxylic acid groups (broad SMARTS) is 2. The SMILES string of the molecule is O=C(O)c1cc[nH+]cc1C(=O)O. The van der Waals surface area contributed by atoms with Crippen LogP contribution in [0.3, 0.4) is 0 Å². The minimum atomic E-state index is -1.26. The number of carbonyl (C=O) groups is 2. The first-order chi connectivity index (χ1) is 5.63. The van der Waals surface area contributed by atoms with Crippen LogP contribution in [0.15, 0.2) is 18.5 Å². The van der Waals surface area contributed by atoms with E-state index in [1.807, 2.05) is 0 Å². The fourth-order valence-corrected chi connectivity index (χ4v) is 0.794. The summed E-state index contributed by atoms with van der Waals surface area (Å²) in [6.07, 6.45) is 2.49. The number of aromatic carboxylic acids is 2. The van der Waals surface area contributed by atoms with Crippen molar-refractivity contribution in [2.75, 3.05) is 0 Å². The van der Waals surface area contributed by atoms with E-state index in [0.29, 0.717) is 0 Å². The molecule has 1 rings (SSSR count). The number of hydrogen-bond acceptors (Lipinski definition) is 2. The second-order valence-electron chi connectivity index (χ2n) is 2.08. The molecule has 62 valence electrons. The smallest absolute Gasteiger partial charge is 0.342 e. The molecule has 0 aliphatic rings. The fourth-order valence-electron chi connectivity index (χ4n) is 0.794. The number of rotatable bonds is 2. The van der Waals surface area contributed by atoms with Crippen LogP contribution in [0.2, 0.25) is 0 Å². The molecule has 1 aromatic heterocycles. The zero-order valence-electron chi connectivity index (χ0n) is 5.94. The van der Waals surface area contributed by atoms with Crippen LogP contribution in [0.5, 0.6) is 0 Å². The molecule has 3 N–H and O–H groups in total. The molecule has 0 aliphatic heterocycles. The Labute approximate surface area is 67.3 Å². The van der Waals surface area contributed by atoms with E-state index in [1.165, 1.54) is 12.3 Å². The van der Waals surface area contributed by atoms with E-state index < -0.39 is 11.9 Å². The predicted octanol–water partition coefficient (Wildman–Crippen LogP) is -0.103. The van der Waals surface area contributed by atoms with Crippen molar-refractivity contribution < 1.29 is 24.8 Å². The molecule has 0 atom stereocenters. The van der Waals surface area contributed by atoms with Crippen molar-refractivity contribution in [2.45, 2.75) is 0 Å². The van der Waals surface area contributed by atoms with Crippen molar-refractivity contribution >= 4 is 11.9 Å². The average Bonchev–Trinajstić information content (AvgIpc) is 2.04. The molecule has 5 nitrogen and oxygen atoms in total. The molecule has 0 aromatic carbocycles. The molecular formula is C7H6NO4+. The number of nitrogens with one attached hydrogen (secondary N) is 1. The summed E-state index contributed by atoms with van der Waals surface area (Å²) in [6.45, 7) is 0. The van der Waals surface area contributed by atoms with Crippen LogP contribution < -0.4 is 4.98 Å². The van der Waals surface area contributed by atoms with Crippen molar-refractivity contribution in [3.8, 4) is 0 Å². The molecule has 0 saturated heterocycles. The van der Waals surface area contributed by atoms with Crippen molar-refractivity contribution in [1.82, 2.24) is 0 Å². The van der Waals surface area contributed by atoms with Crippen molar-refractivity contribution in [3.63, 3.8) is 0 Å². The van der Waals surface area contributed by atoms with Crippen LogP contribution in [-0.4, -0.2) is 22.2 Å². The lowest BCUT2D eigenvalue weighted by Crippen LogP contribution is -2.13. The molecule has 0 fully saturated rings. The summed E-state index contributed by atoms with van der Waals surface area (Å²) in [5.74, 6) is -2.51. The monoisotopic (exact) mass is 168 g/mol. The van der Waals surface area contributed by atoms with E-state index in [-0.39, 0.29) is 11.1 Å². The number of aromatic nitrogens is 1. The Balaban J connectivity index is 3.27. The highest BCUT2D eigenvalue weighted by Crippen LogP contribution is 2.04. The van der Waals surface area contributed by atoms with Gasteiger partial charge in [-0.2, -0.15) is 0 Å². The van der Waals surface area contributed by atoms with E-state index in [0.717, 1.165) is 6.20 Å². The Bertz CT molecular complexity index is 301. The van der Waals surface area contributed by atoms with Gasteiger partial charge in [0.15, 0.2) is 12.4 Å². The molecule has 0 spiro atoms. The maximum Gasteiger partial charge on any atom is 0.342 e. The summed E-state index contributed by atoms with van der Waals surface area (Å²) in [4.78, 5) is 23.4. The Hall–Kier alpha value is -1.91. The lowest BCUT2D eigenvalue weighted by molar-refractivity contribution is -0.378. The van der Waals surface area contributed by atoms with Crippen molar-refractivity contribution in [2.24, 2.45) is 0 Å². The van der Waals surface area contributed by atoms with Gasteiger partial charge in [-0.05, 0) is 0 Å². The molecule has 1 aromatic rings. The number of hydrogen-bond donors (Lipinski definition) is 2. The third-order valence-corrected chi connectivity index (χ3v) is 1.32. The lowest BCUT2D eigenvalue weighted by atomic mass is 10.1. The van der Waals surface area contributed by atoms with Gasteiger partial charge >= 0.3 is 11.9 Å². The van der Waals surface area contributed by atoms with Gasteiger partial charge in [-0.1, -0.05) is 0 Å². The van der Waals surface area contributed by atoms with Crippen molar-refractivity contribution in [3.05, 3.63) is 29.6 Å². The fraction of sp³-hybridized carbons (Fsp3) is 0. The van der Waals surface area contributed by atoms with Gasteiger partial charge in [0.05, 0.1) is 5.56 Å². The van der Waals surface area contributed by atoms with Crippen LogP contribution >= 0.6 is 0 Å². The Morgan fingerprint density at radius 3 is 2.17 bits per heavy atom. The molecule has 0 radical (unpaired) electrons. The van der Waals surface area contributed by atoms with Gasteiger partial charge in [0.2, 0.25) is 0 Å². The van der Waals surface area contributed by atoms with Gasteiger partial charge in [0, 0.05) is 6.07 Å². The van der Waals surface area contributed by atoms with E-state index >= 15 is 0 Å². The molecule has 12 heavy (non-hydrogen) atoms. The predicted molar refractivity (Wildman–Crippen MR) is 36.9 cm³/mol. The zero-order chi connectivity index (χ0) is 9.14. The highest BCUT2D eigenvalue weighted by Gasteiger charge is 2.17. The van der Waals surface area contributed by atoms with Gasteiger partial charge in [0.1, 0.15) is 5.56 Å². The van der Waals surface area contributed by atoms with Gasteiger partial charge < -0.3 is 10.2 Å². The summed E-state index contributed by atoms with van der Waals surface area (Å²) < 4.78 is 0. The maximum atomic E-state index is 10.4. The summed E-state index contributed by atoms with van der Waals surface area (Å²) in [5.41, 5.74) is -0.466. The molecule has 0 unspecified atom stereocenters. The zero-order valence-corrected chi connectivity index (χ0v) is 5.94. The second-order valence-corrected chi connectivity index (χ2v) is 2.08. The number of aromatic amines is 1. The minimum absolute atomic E-state index is 0.221. The molecular weight excluding hydrogens is 162 g/mol. The highest BCUT2D eigenvalue weighted by molar-refractivity contribution is 6.00. The standard InChI is InChI=1S/C7H5NO4/c9-6(10)4-1-2-8-3-5(4)7(11)12/h1-3H,(H,9,10)(H,11,12)/p+1. The first-order valence-corrected chi connectivity index (χ1v) is 3.09. The second kappa shape index (κ2) is 3.00. The number of carboxylic acids is 2. The van der Waals surface area contributed by atoms with Crippen LogP contribution in [0.4, 0.5) is 0 Å². The number of H-pyrrole nitrogens is 1. The summed E-state index contributed by atoms with van der Waals surface area (Å²) in [6, 6.07) is 1.20. The van der Waals surface area contributed by atoms with E-state index in [1.54, 1.807) is 0 Å². The highest BCUT2D eigenvalue weighted by atomic mass is 16.4. The summed E-state index contributed by atoms with van der Waals surface area (Å²) in [7, 11) is 0. The molecule has 0 amide bonds. The molecule has 0 aliphatic carbocycles.